The zero-order chi connectivity index (χ0) is 13.0. The maximum atomic E-state index is 11.5. The van der Waals surface area contributed by atoms with Gasteiger partial charge in [-0.2, -0.15) is 0 Å². The lowest BCUT2D eigenvalue weighted by Crippen LogP contribution is -2.35. The van der Waals surface area contributed by atoms with Crippen molar-refractivity contribution in [2.45, 2.75) is 26.3 Å². The van der Waals surface area contributed by atoms with Gasteiger partial charge in [-0.05, 0) is 29.8 Å². The van der Waals surface area contributed by atoms with Gasteiger partial charge in [0.2, 0.25) is 0 Å². The number of rotatable bonds is 5. The number of anilines is 1. The van der Waals surface area contributed by atoms with Crippen molar-refractivity contribution >= 4 is 27.6 Å². The molecule has 1 rings (SSSR count). The molecule has 0 aliphatic rings. The Morgan fingerprint density at radius 3 is 2.88 bits per heavy atom. The van der Waals surface area contributed by atoms with Gasteiger partial charge < -0.3 is 15.6 Å². The van der Waals surface area contributed by atoms with Crippen molar-refractivity contribution in [3.63, 3.8) is 0 Å². The van der Waals surface area contributed by atoms with Crippen LogP contribution in [0.5, 0.6) is 0 Å². The van der Waals surface area contributed by atoms with E-state index in [1.54, 1.807) is 0 Å². The van der Waals surface area contributed by atoms with Crippen LogP contribution in [0.3, 0.4) is 0 Å². The minimum absolute atomic E-state index is 0.122. The van der Waals surface area contributed by atoms with Crippen molar-refractivity contribution in [2.24, 2.45) is 5.73 Å². The number of hydrogen-bond acceptors (Lipinski definition) is 4. The summed E-state index contributed by atoms with van der Waals surface area (Å²) < 4.78 is 0.400. The van der Waals surface area contributed by atoms with E-state index >= 15 is 0 Å². The summed E-state index contributed by atoms with van der Waals surface area (Å²) in [5.41, 5.74) is 5.12. The monoisotopic (exact) mass is 301 g/mol. The van der Waals surface area contributed by atoms with Crippen molar-refractivity contribution in [1.82, 2.24) is 9.97 Å². The van der Waals surface area contributed by atoms with E-state index in [9.17, 15) is 4.79 Å². The van der Waals surface area contributed by atoms with Crippen LogP contribution in [-0.2, 0) is 0 Å². The summed E-state index contributed by atoms with van der Waals surface area (Å²) >= 11 is 3.22. The summed E-state index contributed by atoms with van der Waals surface area (Å²) in [7, 11) is 0. The van der Waals surface area contributed by atoms with Gasteiger partial charge in [0.1, 0.15) is 4.47 Å². The van der Waals surface area contributed by atoms with Crippen LogP contribution in [0.1, 0.15) is 20.3 Å². The van der Waals surface area contributed by atoms with Gasteiger partial charge in [-0.25, -0.2) is 4.98 Å². The molecule has 0 saturated heterocycles. The molecular formula is C10H16BrN5O. The molecule has 1 aromatic rings. The number of halogens is 1. The lowest BCUT2D eigenvalue weighted by Gasteiger charge is -2.28. The number of hydrogen-bond donors (Lipinski definition) is 3. The minimum Gasteiger partial charge on any atom is -0.388 e. The molecule has 0 aromatic carbocycles. The Labute approximate surface area is 108 Å². The summed E-state index contributed by atoms with van der Waals surface area (Å²) in [4.78, 5) is 20.0. The topological polar surface area (TPSA) is 98.9 Å². The highest BCUT2D eigenvalue weighted by Gasteiger charge is 2.16. The lowest BCUT2D eigenvalue weighted by atomic mass is 10.2. The first-order valence-electron chi connectivity index (χ1n) is 5.26. The van der Waals surface area contributed by atoms with E-state index in [0.717, 1.165) is 0 Å². The second kappa shape index (κ2) is 5.81. The van der Waals surface area contributed by atoms with E-state index in [2.05, 4.69) is 25.9 Å². The number of nitrogens with one attached hydrogen (secondary N) is 2. The number of H-pyrrole nitrogens is 1. The molecule has 0 atom stereocenters. The second-order valence-corrected chi connectivity index (χ2v) is 4.72. The normalized spacial score (nSPS) is 10.6. The molecule has 0 aliphatic carbocycles. The molecule has 7 heteroatoms. The molecule has 4 N–H and O–H groups in total. The van der Waals surface area contributed by atoms with E-state index < -0.39 is 0 Å². The predicted molar refractivity (Wildman–Crippen MR) is 71.6 cm³/mol. The molecule has 6 nitrogen and oxygen atoms in total. The Balaban J connectivity index is 3.01. The Morgan fingerprint density at radius 1 is 1.71 bits per heavy atom. The lowest BCUT2D eigenvalue weighted by molar-refractivity contribution is 0.675. The van der Waals surface area contributed by atoms with Crippen LogP contribution in [-0.4, -0.2) is 28.4 Å². The number of aromatic nitrogens is 2. The Morgan fingerprint density at radius 2 is 2.35 bits per heavy atom. The van der Waals surface area contributed by atoms with E-state index in [4.69, 9.17) is 11.1 Å². The first-order chi connectivity index (χ1) is 7.93. The Kier molecular flexibility index (Phi) is 4.68. The van der Waals surface area contributed by atoms with Crippen molar-refractivity contribution in [1.29, 1.82) is 5.41 Å². The zero-order valence-corrected chi connectivity index (χ0v) is 11.4. The van der Waals surface area contributed by atoms with Gasteiger partial charge in [-0.15, -0.1) is 0 Å². The van der Waals surface area contributed by atoms with E-state index in [1.807, 2.05) is 18.7 Å². The summed E-state index contributed by atoms with van der Waals surface area (Å²) in [5.74, 6) is 0.696. The quantitative estimate of drug-likeness (QED) is 0.559. The van der Waals surface area contributed by atoms with Gasteiger partial charge in [0, 0.05) is 19.0 Å². The maximum absolute atomic E-state index is 11.5. The first kappa shape index (κ1) is 13.7. The summed E-state index contributed by atoms with van der Waals surface area (Å²) in [6.45, 7) is 4.55. The summed E-state index contributed by atoms with van der Waals surface area (Å²) in [6.07, 6.45) is 1.81. The van der Waals surface area contributed by atoms with Crippen molar-refractivity contribution in [3.05, 3.63) is 21.2 Å². The third-order valence-corrected chi connectivity index (χ3v) is 3.01. The molecule has 0 fully saturated rings. The molecule has 0 aliphatic heterocycles. The minimum atomic E-state index is -0.219. The summed E-state index contributed by atoms with van der Waals surface area (Å²) in [5, 5.41) is 7.24. The fourth-order valence-corrected chi connectivity index (χ4v) is 1.87. The van der Waals surface area contributed by atoms with Gasteiger partial charge >= 0.3 is 0 Å². The van der Waals surface area contributed by atoms with Crippen molar-refractivity contribution in [3.8, 4) is 0 Å². The first-order valence-corrected chi connectivity index (χ1v) is 6.05. The predicted octanol–water partition coefficient (Wildman–Crippen LogP) is 1.07. The van der Waals surface area contributed by atoms with Crippen LogP contribution in [0.15, 0.2) is 15.6 Å². The second-order valence-electron chi connectivity index (χ2n) is 3.93. The molecule has 0 spiro atoms. The standard InChI is InChI=1S/C10H16BrN5O/c1-6(2)16(4-3-7(12)13)9-8(11)10(17)15-5-14-9/h5-6H,3-4H2,1-2H3,(H3,12,13)(H,14,15,17). The van der Waals surface area contributed by atoms with Crippen molar-refractivity contribution in [2.75, 3.05) is 11.4 Å². The van der Waals surface area contributed by atoms with Gasteiger partial charge in [-0.3, -0.25) is 10.2 Å². The number of aromatic amines is 1. The molecular weight excluding hydrogens is 286 g/mol. The largest absolute Gasteiger partial charge is 0.388 e. The Bertz CT molecular complexity index is 456. The van der Waals surface area contributed by atoms with Gasteiger partial charge in [0.25, 0.3) is 5.56 Å². The smallest absolute Gasteiger partial charge is 0.267 e. The molecule has 1 aromatic heterocycles. The maximum Gasteiger partial charge on any atom is 0.267 e. The van der Waals surface area contributed by atoms with Crippen LogP contribution in [0.2, 0.25) is 0 Å². The van der Waals surface area contributed by atoms with Gasteiger partial charge in [0.05, 0.1) is 12.2 Å². The fourth-order valence-electron chi connectivity index (χ4n) is 1.42. The molecule has 0 bridgehead atoms. The van der Waals surface area contributed by atoms with Crippen LogP contribution >= 0.6 is 15.9 Å². The Hall–Kier alpha value is -1.37. The highest BCUT2D eigenvalue weighted by molar-refractivity contribution is 9.10. The van der Waals surface area contributed by atoms with Crippen LogP contribution in [0.4, 0.5) is 5.82 Å². The molecule has 94 valence electrons. The molecule has 0 saturated carbocycles. The fraction of sp³-hybridized carbons (Fsp3) is 0.500. The number of nitrogens with two attached hydrogens (primary N) is 1. The molecule has 0 unspecified atom stereocenters. The van der Waals surface area contributed by atoms with Crippen molar-refractivity contribution < 1.29 is 0 Å². The highest BCUT2D eigenvalue weighted by atomic mass is 79.9. The number of nitrogens with zero attached hydrogens (tertiary/aromatic N) is 2. The molecule has 0 radical (unpaired) electrons. The zero-order valence-electron chi connectivity index (χ0n) is 9.83. The van der Waals surface area contributed by atoms with E-state index in [0.29, 0.717) is 23.3 Å². The van der Waals surface area contributed by atoms with Crippen LogP contribution in [0.25, 0.3) is 0 Å². The average molecular weight is 302 g/mol. The third-order valence-electron chi connectivity index (χ3n) is 2.30. The summed E-state index contributed by atoms with van der Waals surface area (Å²) in [6, 6.07) is 0.167. The van der Waals surface area contributed by atoms with E-state index in [1.165, 1.54) is 6.33 Å². The third kappa shape index (κ3) is 3.55. The highest BCUT2D eigenvalue weighted by Crippen LogP contribution is 2.21. The number of amidine groups is 1. The van der Waals surface area contributed by atoms with Gasteiger partial charge in [0.15, 0.2) is 5.82 Å². The SMILES string of the molecule is CC(C)N(CCC(=N)N)c1nc[nH]c(=O)c1Br. The van der Waals surface area contributed by atoms with Crippen LogP contribution in [0, 0.1) is 5.41 Å². The average Bonchev–Trinajstić information content (AvgIpc) is 2.23. The molecule has 1 heterocycles. The van der Waals surface area contributed by atoms with Gasteiger partial charge in [-0.1, -0.05) is 0 Å². The molecule has 0 amide bonds. The van der Waals surface area contributed by atoms with E-state index in [-0.39, 0.29) is 17.4 Å². The van der Waals surface area contributed by atoms with Crippen LogP contribution < -0.4 is 16.2 Å². The molecule has 17 heavy (non-hydrogen) atoms.